The fourth-order valence-electron chi connectivity index (χ4n) is 4.11. The Morgan fingerprint density at radius 3 is 2.32 bits per heavy atom. The number of nitrogens with zero attached hydrogens (tertiary/aromatic N) is 3. The van der Waals surface area contributed by atoms with Gasteiger partial charge in [0.1, 0.15) is 0 Å². The lowest BCUT2D eigenvalue weighted by Crippen LogP contribution is -2.04. The van der Waals surface area contributed by atoms with Gasteiger partial charge in [0.15, 0.2) is 0 Å². The molecule has 0 amide bonds. The molecule has 0 aliphatic heterocycles. The Morgan fingerprint density at radius 1 is 0.968 bits per heavy atom. The highest BCUT2D eigenvalue weighted by molar-refractivity contribution is 6.00. The first-order valence-corrected chi connectivity index (χ1v) is 11.1. The average Bonchev–Trinajstić information content (AvgIpc) is 2.82. The number of rotatable bonds is 6. The molecule has 0 fully saturated rings. The lowest BCUT2D eigenvalue weighted by Gasteiger charge is -2.22. The van der Waals surface area contributed by atoms with Crippen molar-refractivity contribution in [2.24, 2.45) is 15.2 Å². The molecule has 1 aliphatic rings. The summed E-state index contributed by atoms with van der Waals surface area (Å²) in [6, 6.07) is 20.8. The summed E-state index contributed by atoms with van der Waals surface area (Å²) in [5.74, 6) is 0.578. The third-order valence-electron chi connectivity index (χ3n) is 5.89. The van der Waals surface area contributed by atoms with Gasteiger partial charge in [0, 0.05) is 17.0 Å². The van der Waals surface area contributed by atoms with Crippen LogP contribution in [0.5, 0.6) is 0 Å². The van der Waals surface area contributed by atoms with Crippen LogP contribution in [0.3, 0.4) is 0 Å². The number of aliphatic imine (C=N–C) groups is 1. The highest BCUT2D eigenvalue weighted by Crippen LogP contribution is 2.36. The van der Waals surface area contributed by atoms with E-state index >= 15 is 0 Å². The van der Waals surface area contributed by atoms with E-state index in [1.165, 1.54) is 23.1 Å². The van der Waals surface area contributed by atoms with Crippen molar-refractivity contribution < 1.29 is 0 Å². The van der Waals surface area contributed by atoms with Crippen molar-refractivity contribution in [3.05, 3.63) is 90.0 Å². The van der Waals surface area contributed by atoms with E-state index in [0.717, 1.165) is 47.1 Å². The minimum atomic E-state index is 0.578. The molecule has 0 saturated carbocycles. The maximum absolute atomic E-state index is 4.57. The summed E-state index contributed by atoms with van der Waals surface area (Å²) < 4.78 is 0. The Labute approximate surface area is 185 Å². The van der Waals surface area contributed by atoms with Crippen LogP contribution in [0.15, 0.2) is 99.7 Å². The molecule has 156 valence electrons. The first kappa shape index (κ1) is 20.9. The van der Waals surface area contributed by atoms with Crippen molar-refractivity contribution in [1.82, 2.24) is 0 Å². The van der Waals surface area contributed by atoms with Crippen molar-refractivity contribution in [2.45, 2.75) is 45.4 Å². The fraction of sp³-hybridized carbons (Fsp3) is 0.250. The van der Waals surface area contributed by atoms with Crippen molar-refractivity contribution in [3.63, 3.8) is 0 Å². The van der Waals surface area contributed by atoms with Gasteiger partial charge < -0.3 is 0 Å². The Kier molecular flexibility index (Phi) is 6.51. The van der Waals surface area contributed by atoms with Gasteiger partial charge >= 0.3 is 0 Å². The maximum atomic E-state index is 4.57. The van der Waals surface area contributed by atoms with Gasteiger partial charge in [0.25, 0.3) is 0 Å². The fourth-order valence-corrected chi connectivity index (χ4v) is 4.11. The zero-order valence-electron chi connectivity index (χ0n) is 18.4. The summed E-state index contributed by atoms with van der Waals surface area (Å²) >= 11 is 0. The molecule has 3 aromatic carbocycles. The first-order valence-electron chi connectivity index (χ1n) is 11.1. The van der Waals surface area contributed by atoms with Gasteiger partial charge in [-0.1, -0.05) is 61.5 Å². The Balaban J connectivity index is 1.52. The molecular formula is C28H29N3. The van der Waals surface area contributed by atoms with Crippen LogP contribution in [-0.4, -0.2) is 6.21 Å². The molecule has 3 nitrogen and oxygen atoms in total. The lowest BCUT2D eigenvalue weighted by atomic mass is 9.83. The second kappa shape index (κ2) is 9.65. The summed E-state index contributed by atoms with van der Waals surface area (Å²) in [5, 5.41) is 11.2. The monoisotopic (exact) mass is 407 g/mol. The van der Waals surface area contributed by atoms with Crippen LogP contribution in [0.2, 0.25) is 0 Å². The Hall–Kier alpha value is -3.33. The number of benzene rings is 3. The minimum Gasteiger partial charge on any atom is -0.261 e. The standard InChI is InChI=1S/C28H29N3/c1-4-19-29-27-17-18-28(26-8-6-5-7-25(26)27)31-30-24-15-13-23(14-16-24)22-11-9-21(10-12-22)20(2)3/h5-9,13-19,22H,2,4,10-12H2,1,3H3. The average molecular weight is 408 g/mol. The number of hydrogen-bond donors (Lipinski definition) is 0. The summed E-state index contributed by atoms with van der Waals surface area (Å²) in [7, 11) is 0. The topological polar surface area (TPSA) is 37.1 Å². The van der Waals surface area contributed by atoms with Gasteiger partial charge in [-0.3, -0.25) is 4.99 Å². The van der Waals surface area contributed by atoms with Crippen molar-refractivity contribution in [3.8, 4) is 0 Å². The second-order valence-electron chi connectivity index (χ2n) is 8.14. The quantitative estimate of drug-likeness (QED) is 0.288. The molecule has 0 saturated heterocycles. The summed E-state index contributed by atoms with van der Waals surface area (Å²) in [6.45, 7) is 8.26. The second-order valence-corrected chi connectivity index (χ2v) is 8.14. The van der Waals surface area contributed by atoms with Gasteiger partial charge in [-0.25, -0.2) is 0 Å². The molecule has 0 N–H and O–H groups in total. The normalized spacial score (nSPS) is 16.8. The summed E-state index contributed by atoms with van der Waals surface area (Å²) in [6.07, 6.45) is 8.58. The maximum Gasteiger partial charge on any atom is 0.0936 e. The van der Waals surface area contributed by atoms with Crippen molar-refractivity contribution in [1.29, 1.82) is 0 Å². The van der Waals surface area contributed by atoms with Crippen molar-refractivity contribution in [2.75, 3.05) is 0 Å². The first-order chi connectivity index (χ1) is 15.2. The molecule has 1 aliphatic carbocycles. The largest absolute Gasteiger partial charge is 0.261 e. The van der Waals surface area contributed by atoms with Gasteiger partial charge in [-0.2, -0.15) is 5.11 Å². The molecule has 0 radical (unpaired) electrons. The van der Waals surface area contributed by atoms with Gasteiger partial charge in [0.2, 0.25) is 0 Å². The van der Waals surface area contributed by atoms with Gasteiger partial charge in [-0.05, 0) is 73.9 Å². The van der Waals surface area contributed by atoms with E-state index in [0.29, 0.717) is 5.92 Å². The van der Waals surface area contributed by atoms with Crippen LogP contribution in [0, 0.1) is 0 Å². The van der Waals surface area contributed by atoms with Crippen LogP contribution in [0.1, 0.15) is 51.0 Å². The number of allylic oxidation sites excluding steroid dienone is 3. The van der Waals surface area contributed by atoms with E-state index in [2.05, 4.69) is 78.1 Å². The van der Waals surface area contributed by atoms with E-state index in [-0.39, 0.29) is 0 Å². The van der Waals surface area contributed by atoms with E-state index in [1.54, 1.807) is 0 Å². The summed E-state index contributed by atoms with van der Waals surface area (Å²) in [5.41, 5.74) is 6.69. The molecule has 0 bridgehead atoms. The summed E-state index contributed by atoms with van der Waals surface area (Å²) in [4.78, 5) is 4.57. The van der Waals surface area contributed by atoms with E-state index in [4.69, 9.17) is 0 Å². The predicted molar refractivity (Wildman–Crippen MR) is 132 cm³/mol. The number of azo groups is 1. The number of fused-ring (bicyclic) bond motifs is 1. The van der Waals surface area contributed by atoms with Gasteiger partial charge in [-0.15, -0.1) is 5.11 Å². The number of hydrogen-bond acceptors (Lipinski definition) is 3. The zero-order valence-corrected chi connectivity index (χ0v) is 18.4. The zero-order chi connectivity index (χ0) is 21.6. The SMILES string of the molecule is C=C(C)C1=CCC(c2ccc(N=Nc3ccc(N=CCC)c4ccccc34)cc2)CC1. The predicted octanol–water partition coefficient (Wildman–Crippen LogP) is 9.14. The lowest BCUT2D eigenvalue weighted by molar-refractivity contribution is 0.602. The highest BCUT2D eigenvalue weighted by Gasteiger charge is 2.16. The van der Waals surface area contributed by atoms with Crippen molar-refractivity contribution >= 4 is 34.0 Å². The highest BCUT2D eigenvalue weighted by atomic mass is 15.1. The minimum absolute atomic E-state index is 0.578. The van der Waals surface area contributed by atoms with E-state index < -0.39 is 0 Å². The molecule has 0 heterocycles. The Bertz CT molecular complexity index is 1170. The van der Waals surface area contributed by atoms with Crippen LogP contribution in [0.25, 0.3) is 10.8 Å². The molecule has 0 spiro atoms. The smallest absolute Gasteiger partial charge is 0.0936 e. The molecule has 1 unspecified atom stereocenters. The third-order valence-corrected chi connectivity index (χ3v) is 5.89. The van der Waals surface area contributed by atoms with E-state index in [9.17, 15) is 0 Å². The Morgan fingerprint density at radius 2 is 1.68 bits per heavy atom. The third kappa shape index (κ3) is 4.88. The molecule has 31 heavy (non-hydrogen) atoms. The van der Waals surface area contributed by atoms with Crippen LogP contribution in [0.4, 0.5) is 17.1 Å². The van der Waals surface area contributed by atoms with Gasteiger partial charge in [0.05, 0.1) is 17.1 Å². The van der Waals surface area contributed by atoms with E-state index in [1.807, 2.05) is 30.5 Å². The molecule has 4 rings (SSSR count). The molecule has 1 atom stereocenters. The van der Waals surface area contributed by atoms with Crippen LogP contribution >= 0.6 is 0 Å². The molecule has 3 aromatic rings. The molecule has 0 aromatic heterocycles. The molecular weight excluding hydrogens is 378 g/mol. The molecule has 3 heteroatoms. The van der Waals surface area contributed by atoms with Crippen LogP contribution in [-0.2, 0) is 0 Å². The van der Waals surface area contributed by atoms with Crippen LogP contribution < -0.4 is 0 Å².